The van der Waals surface area contributed by atoms with Crippen molar-refractivity contribution < 1.29 is 14.3 Å². The molecule has 0 aliphatic rings. The normalized spacial score (nSPS) is 11.4. The second-order valence-electron chi connectivity index (χ2n) is 7.01. The summed E-state index contributed by atoms with van der Waals surface area (Å²) in [5.74, 6) is 1.05. The molecule has 1 heterocycles. The molecule has 158 valence electrons. The van der Waals surface area contributed by atoms with Crippen molar-refractivity contribution in [1.29, 1.82) is 0 Å². The second kappa shape index (κ2) is 9.77. The Hall–Kier alpha value is -2.84. The number of benzene rings is 2. The summed E-state index contributed by atoms with van der Waals surface area (Å²) in [5.41, 5.74) is 5.22. The van der Waals surface area contributed by atoms with E-state index in [9.17, 15) is 4.79 Å². The standard InChI is InChI=1S/C21H23ClN4O3S/c1-4-28-18-8-13(7-15(22)19(18)29-11-12(2)3)10-23-26-20(27)14-5-6-16-17(9-14)25-21(30)24-16/h5-10,12H,4,11H2,1-3H3,(H,26,27)(H2,24,25,30)/b23-10-. The summed E-state index contributed by atoms with van der Waals surface area (Å²) >= 11 is 11.4. The molecule has 1 aromatic heterocycles. The highest BCUT2D eigenvalue weighted by Crippen LogP contribution is 2.36. The Labute approximate surface area is 184 Å². The van der Waals surface area contributed by atoms with Gasteiger partial charge in [0.1, 0.15) is 0 Å². The Bertz CT molecular complexity index is 1140. The fraction of sp³-hybridized carbons (Fsp3) is 0.286. The van der Waals surface area contributed by atoms with E-state index in [-0.39, 0.29) is 5.91 Å². The predicted molar refractivity (Wildman–Crippen MR) is 121 cm³/mol. The minimum Gasteiger partial charge on any atom is -0.490 e. The Morgan fingerprint density at radius 1 is 1.23 bits per heavy atom. The quantitative estimate of drug-likeness (QED) is 0.256. The number of hydrogen-bond donors (Lipinski definition) is 3. The van der Waals surface area contributed by atoms with Gasteiger partial charge in [-0.05, 0) is 61.0 Å². The number of aromatic nitrogens is 2. The van der Waals surface area contributed by atoms with Crippen molar-refractivity contribution in [3.05, 3.63) is 51.3 Å². The van der Waals surface area contributed by atoms with E-state index in [1.165, 1.54) is 6.21 Å². The Kier molecular flexibility index (Phi) is 7.12. The zero-order valence-electron chi connectivity index (χ0n) is 16.9. The van der Waals surface area contributed by atoms with Crippen LogP contribution in [0.1, 0.15) is 36.7 Å². The zero-order chi connectivity index (χ0) is 21.7. The van der Waals surface area contributed by atoms with Gasteiger partial charge in [-0.25, -0.2) is 5.43 Å². The fourth-order valence-corrected chi connectivity index (χ4v) is 3.21. The zero-order valence-corrected chi connectivity index (χ0v) is 18.5. The molecule has 0 bridgehead atoms. The summed E-state index contributed by atoms with van der Waals surface area (Å²) in [6.07, 6.45) is 1.50. The molecule has 3 N–H and O–H groups in total. The molecule has 7 nitrogen and oxygen atoms in total. The highest BCUT2D eigenvalue weighted by molar-refractivity contribution is 7.71. The number of hydrogen-bond acceptors (Lipinski definition) is 5. The maximum absolute atomic E-state index is 12.4. The lowest BCUT2D eigenvalue weighted by atomic mass is 10.2. The van der Waals surface area contributed by atoms with E-state index in [2.05, 4.69) is 34.3 Å². The average molecular weight is 447 g/mol. The van der Waals surface area contributed by atoms with Crippen LogP contribution in [0.3, 0.4) is 0 Å². The molecule has 0 unspecified atom stereocenters. The molecule has 0 saturated heterocycles. The number of aromatic amines is 2. The Morgan fingerprint density at radius 3 is 2.73 bits per heavy atom. The van der Waals surface area contributed by atoms with Crippen LogP contribution >= 0.6 is 23.8 Å². The van der Waals surface area contributed by atoms with Crippen LogP contribution in [0.5, 0.6) is 11.5 Å². The second-order valence-corrected chi connectivity index (χ2v) is 7.82. The average Bonchev–Trinajstić information content (AvgIpc) is 3.06. The maximum Gasteiger partial charge on any atom is 0.271 e. The van der Waals surface area contributed by atoms with E-state index < -0.39 is 0 Å². The molecule has 1 amide bonds. The van der Waals surface area contributed by atoms with E-state index >= 15 is 0 Å². The van der Waals surface area contributed by atoms with Gasteiger partial charge in [0.05, 0.1) is 35.5 Å². The number of fused-ring (bicyclic) bond motifs is 1. The van der Waals surface area contributed by atoms with Gasteiger partial charge in [0, 0.05) is 5.56 Å². The van der Waals surface area contributed by atoms with Crippen molar-refractivity contribution in [2.75, 3.05) is 13.2 Å². The number of carbonyl (C=O) groups excluding carboxylic acids is 1. The number of ether oxygens (including phenoxy) is 2. The molecule has 0 radical (unpaired) electrons. The Morgan fingerprint density at radius 2 is 2.00 bits per heavy atom. The SMILES string of the molecule is CCOc1cc(/C=N\NC(=O)c2ccc3[nH]c(=S)[nH]c3c2)cc(Cl)c1OCC(C)C. The van der Waals surface area contributed by atoms with Gasteiger partial charge in [0.2, 0.25) is 0 Å². The minimum atomic E-state index is -0.346. The van der Waals surface area contributed by atoms with E-state index in [1.807, 2.05) is 6.92 Å². The van der Waals surface area contributed by atoms with Gasteiger partial charge in [-0.1, -0.05) is 25.4 Å². The van der Waals surface area contributed by atoms with Crippen LogP contribution in [0.4, 0.5) is 0 Å². The van der Waals surface area contributed by atoms with Crippen LogP contribution in [0.2, 0.25) is 5.02 Å². The molecule has 3 aromatic rings. The molecule has 9 heteroatoms. The van der Waals surface area contributed by atoms with Crippen molar-refractivity contribution in [2.45, 2.75) is 20.8 Å². The van der Waals surface area contributed by atoms with Crippen molar-refractivity contribution in [3.8, 4) is 11.5 Å². The third-order valence-corrected chi connectivity index (χ3v) is 4.54. The number of imidazole rings is 1. The summed E-state index contributed by atoms with van der Waals surface area (Å²) in [4.78, 5) is 18.4. The Balaban J connectivity index is 1.73. The van der Waals surface area contributed by atoms with Gasteiger partial charge in [0.15, 0.2) is 16.3 Å². The molecular formula is C21H23ClN4O3S. The summed E-state index contributed by atoms with van der Waals surface area (Å²) < 4.78 is 12.0. The maximum atomic E-state index is 12.4. The van der Waals surface area contributed by atoms with E-state index in [0.717, 1.165) is 11.0 Å². The molecule has 0 fully saturated rings. The van der Waals surface area contributed by atoms with Crippen LogP contribution < -0.4 is 14.9 Å². The summed E-state index contributed by atoms with van der Waals surface area (Å²) in [6.45, 7) is 6.99. The molecule has 0 aliphatic heterocycles. The lowest BCUT2D eigenvalue weighted by Gasteiger charge is -2.15. The van der Waals surface area contributed by atoms with Crippen LogP contribution in [0.15, 0.2) is 35.4 Å². The van der Waals surface area contributed by atoms with E-state index in [1.54, 1.807) is 30.3 Å². The summed E-state index contributed by atoms with van der Waals surface area (Å²) in [7, 11) is 0. The monoisotopic (exact) mass is 446 g/mol. The summed E-state index contributed by atoms with van der Waals surface area (Å²) in [5, 5.41) is 4.45. The van der Waals surface area contributed by atoms with Gasteiger partial charge >= 0.3 is 0 Å². The first kappa shape index (κ1) is 21.9. The molecule has 2 aromatic carbocycles. The first-order chi connectivity index (χ1) is 14.4. The lowest BCUT2D eigenvalue weighted by molar-refractivity contribution is 0.0955. The van der Waals surface area contributed by atoms with Gasteiger partial charge in [-0.2, -0.15) is 5.10 Å². The molecule has 0 saturated carbocycles. The first-order valence-corrected chi connectivity index (χ1v) is 10.3. The van der Waals surface area contributed by atoms with Crippen molar-refractivity contribution >= 4 is 47.0 Å². The number of nitrogens with one attached hydrogen (secondary N) is 3. The number of H-pyrrole nitrogens is 2. The number of halogens is 1. The molecular weight excluding hydrogens is 424 g/mol. The van der Waals surface area contributed by atoms with E-state index in [4.69, 9.17) is 33.3 Å². The highest BCUT2D eigenvalue weighted by Gasteiger charge is 2.13. The number of hydrazone groups is 1. The molecule has 0 spiro atoms. The van der Waals surface area contributed by atoms with E-state index in [0.29, 0.717) is 51.6 Å². The number of carbonyl (C=O) groups is 1. The van der Waals surface area contributed by atoms with Gasteiger partial charge in [0.25, 0.3) is 5.91 Å². The molecule has 0 atom stereocenters. The molecule has 30 heavy (non-hydrogen) atoms. The third-order valence-electron chi connectivity index (χ3n) is 4.05. The van der Waals surface area contributed by atoms with Gasteiger partial charge in [-0.3, -0.25) is 4.79 Å². The smallest absolute Gasteiger partial charge is 0.271 e. The number of rotatable bonds is 8. The molecule has 3 rings (SSSR count). The fourth-order valence-electron chi connectivity index (χ4n) is 2.72. The molecule has 0 aliphatic carbocycles. The van der Waals surface area contributed by atoms with Gasteiger partial charge in [-0.15, -0.1) is 0 Å². The third kappa shape index (κ3) is 5.40. The van der Waals surface area contributed by atoms with Crippen molar-refractivity contribution in [1.82, 2.24) is 15.4 Å². The summed E-state index contributed by atoms with van der Waals surface area (Å²) in [6, 6.07) is 8.66. The predicted octanol–water partition coefficient (Wildman–Crippen LogP) is 5.08. The topological polar surface area (TPSA) is 91.5 Å². The van der Waals surface area contributed by atoms with Crippen LogP contribution in [0, 0.1) is 10.7 Å². The lowest BCUT2D eigenvalue weighted by Crippen LogP contribution is -2.17. The van der Waals surface area contributed by atoms with Crippen molar-refractivity contribution in [3.63, 3.8) is 0 Å². The highest BCUT2D eigenvalue weighted by atomic mass is 35.5. The first-order valence-electron chi connectivity index (χ1n) is 9.52. The van der Waals surface area contributed by atoms with Crippen molar-refractivity contribution in [2.24, 2.45) is 11.0 Å². The number of nitrogens with zero attached hydrogens (tertiary/aromatic N) is 1. The van der Waals surface area contributed by atoms with Gasteiger partial charge < -0.3 is 19.4 Å². The van der Waals surface area contributed by atoms with Crippen LogP contribution in [-0.4, -0.2) is 35.3 Å². The minimum absolute atomic E-state index is 0.346. The largest absolute Gasteiger partial charge is 0.490 e. The number of amides is 1. The van der Waals surface area contributed by atoms with Crippen LogP contribution in [0.25, 0.3) is 11.0 Å². The van der Waals surface area contributed by atoms with Crippen LogP contribution in [-0.2, 0) is 0 Å².